The minimum atomic E-state index is 0.556. The van der Waals surface area contributed by atoms with Gasteiger partial charge in [-0.3, -0.25) is 0 Å². The molecule has 0 aliphatic rings. The van der Waals surface area contributed by atoms with E-state index in [1.54, 1.807) is 6.33 Å². The Hall–Kier alpha value is -1.65. The van der Waals surface area contributed by atoms with E-state index < -0.39 is 0 Å². The maximum absolute atomic E-state index is 4.35. The fourth-order valence-corrected chi connectivity index (χ4v) is 1.68. The molecule has 0 amide bonds. The van der Waals surface area contributed by atoms with Gasteiger partial charge in [-0.15, -0.1) is 0 Å². The van der Waals surface area contributed by atoms with Crippen molar-refractivity contribution in [3.05, 3.63) is 12.5 Å². The first kappa shape index (κ1) is 10.9. The van der Waals surface area contributed by atoms with E-state index in [9.17, 15) is 0 Å². The first-order valence-corrected chi connectivity index (χ1v) is 5.62. The molecule has 0 aromatic carbocycles. The first-order valence-electron chi connectivity index (χ1n) is 5.62. The van der Waals surface area contributed by atoms with Gasteiger partial charge < -0.3 is 5.32 Å². The van der Waals surface area contributed by atoms with Crippen molar-refractivity contribution < 1.29 is 0 Å². The molecule has 0 radical (unpaired) electrons. The number of fused-ring (bicyclic) bond motifs is 1. The normalized spacial score (nSPS) is 11.2. The summed E-state index contributed by atoms with van der Waals surface area (Å²) in [6, 6.07) is 0. The van der Waals surface area contributed by atoms with Gasteiger partial charge in [0, 0.05) is 13.1 Å². The second kappa shape index (κ2) is 4.47. The van der Waals surface area contributed by atoms with Crippen molar-refractivity contribution >= 4 is 16.9 Å². The Morgan fingerprint density at radius 2 is 2.19 bits per heavy atom. The highest BCUT2D eigenvalue weighted by Gasteiger charge is 2.09. The maximum Gasteiger partial charge on any atom is 0.163 e. The lowest BCUT2D eigenvalue weighted by Gasteiger charge is -2.06. The zero-order chi connectivity index (χ0) is 11.5. The molecule has 2 aromatic heterocycles. The summed E-state index contributed by atoms with van der Waals surface area (Å²) in [4.78, 5) is 8.50. The number of rotatable bonds is 4. The number of nitrogens with zero attached hydrogens (tertiary/aromatic N) is 4. The summed E-state index contributed by atoms with van der Waals surface area (Å²) in [5.74, 6) is 1.42. The third-order valence-electron chi connectivity index (χ3n) is 2.32. The second-order valence-corrected chi connectivity index (χ2v) is 4.21. The van der Waals surface area contributed by atoms with Crippen LogP contribution in [0.25, 0.3) is 11.0 Å². The molecule has 2 rings (SSSR count). The Morgan fingerprint density at radius 1 is 1.38 bits per heavy atom. The average Bonchev–Trinajstić information content (AvgIpc) is 2.63. The van der Waals surface area contributed by atoms with Gasteiger partial charge in [0.25, 0.3) is 0 Å². The van der Waals surface area contributed by atoms with Crippen LogP contribution in [-0.4, -0.2) is 26.3 Å². The molecular weight excluding hydrogens is 202 g/mol. The minimum Gasteiger partial charge on any atom is -0.370 e. The van der Waals surface area contributed by atoms with Crippen molar-refractivity contribution in [3.8, 4) is 0 Å². The monoisotopic (exact) mass is 219 g/mol. The molecule has 0 saturated heterocycles. The predicted octanol–water partition coefficient (Wildman–Crippen LogP) is 1.91. The largest absolute Gasteiger partial charge is 0.370 e. The van der Waals surface area contributed by atoms with Crippen molar-refractivity contribution in [2.24, 2.45) is 5.92 Å². The second-order valence-electron chi connectivity index (χ2n) is 4.21. The zero-order valence-electron chi connectivity index (χ0n) is 9.94. The summed E-state index contributed by atoms with van der Waals surface area (Å²) in [6.07, 6.45) is 3.41. The maximum atomic E-state index is 4.35. The predicted molar refractivity (Wildman–Crippen MR) is 64.3 cm³/mol. The van der Waals surface area contributed by atoms with E-state index in [0.29, 0.717) is 5.92 Å². The van der Waals surface area contributed by atoms with Crippen LogP contribution in [0.15, 0.2) is 12.5 Å². The molecule has 0 aliphatic carbocycles. The fraction of sp³-hybridized carbons (Fsp3) is 0.545. The third kappa shape index (κ3) is 1.98. The molecule has 0 saturated carbocycles. The molecule has 0 spiro atoms. The van der Waals surface area contributed by atoms with Crippen LogP contribution in [0.1, 0.15) is 20.8 Å². The van der Waals surface area contributed by atoms with E-state index in [0.717, 1.165) is 29.9 Å². The van der Waals surface area contributed by atoms with E-state index in [1.807, 2.05) is 17.8 Å². The zero-order valence-corrected chi connectivity index (χ0v) is 9.94. The standard InChI is InChI=1S/C11H17N5/c1-4-12-10-9-5-15-16(6-8(2)3)11(9)14-7-13-10/h5,7-8H,4,6H2,1-3H3,(H,12,13,14). The molecule has 0 aliphatic heterocycles. The smallest absolute Gasteiger partial charge is 0.163 e. The van der Waals surface area contributed by atoms with Crippen molar-refractivity contribution in [2.75, 3.05) is 11.9 Å². The highest BCUT2D eigenvalue weighted by atomic mass is 15.3. The molecule has 0 unspecified atom stereocenters. The van der Waals surface area contributed by atoms with Crippen molar-refractivity contribution in [1.82, 2.24) is 19.7 Å². The molecule has 2 aromatic rings. The van der Waals surface area contributed by atoms with Gasteiger partial charge in [-0.1, -0.05) is 13.8 Å². The van der Waals surface area contributed by atoms with Crippen LogP contribution in [0.2, 0.25) is 0 Å². The van der Waals surface area contributed by atoms with Crippen LogP contribution in [0.3, 0.4) is 0 Å². The van der Waals surface area contributed by atoms with E-state index in [-0.39, 0.29) is 0 Å². The molecular formula is C11H17N5. The van der Waals surface area contributed by atoms with E-state index in [1.165, 1.54) is 0 Å². The number of anilines is 1. The van der Waals surface area contributed by atoms with Gasteiger partial charge in [0.05, 0.1) is 11.6 Å². The van der Waals surface area contributed by atoms with Crippen LogP contribution in [0, 0.1) is 5.92 Å². The molecule has 2 heterocycles. The van der Waals surface area contributed by atoms with E-state index in [4.69, 9.17) is 0 Å². The Labute approximate surface area is 94.9 Å². The van der Waals surface area contributed by atoms with Gasteiger partial charge in [0.15, 0.2) is 5.65 Å². The summed E-state index contributed by atoms with van der Waals surface area (Å²) >= 11 is 0. The molecule has 0 bridgehead atoms. The third-order valence-corrected chi connectivity index (χ3v) is 2.32. The number of hydrogen-bond acceptors (Lipinski definition) is 4. The topological polar surface area (TPSA) is 55.6 Å². The van der Waals surface area contributed by atoms with Gasteiger partial charge in [-0.2, -0.15) is 5.10 Å². The van der Waals surface area contributed by atoms with Gasteiger partial charge in [-0.25, -0.2) is 14.6 Å². The fourth-order valence-electron chi connectivity index (χ4n) is 1.68. The lowest BCUT2D eigenvalue weighted by atomic mass is 10.2. The summed E-state index contributed by atoms with van der Waals surface area (Å²) in [7, 11) is 0. The summed E-state index contributed by atoms with van der Waals surface area (Å²) in [5.41, 5.74) is 0.902. The van der Waals surface area contributed by atoms with Gasteiger partial charge in [0.2, 0.25) is 0 Å². The average molecular weight is 219 g/mol. The Kier molecular flexibility index (Phi) is 3.03. The quantitative estimate of drug-likeness (QED) is 0.853. The van der Waals surface area contributed by atoms with Crippen molar-refractivity contribution in [3.63, 3.8) is 0 Å². The van der Waals surface area contributed by atoms with E-state index >= 15 is 0 Å². The highest BCUT2D eigenvalue weighted by Crippen LogP contribution is 2.18. The molecule has 86 valence electrons. The lowest BCUT2D eigenvalue weighted by molar-refractivity contribution is 0.492. The summed E-state index contributed by atoms with van der Waals surface area (Å²) in [6.45, 7) is 8.11. The Balaban J connectivity index is 2.44. The number of nitrogens with one attached hydrogen (secondary N) is 1. The molecule has 5 heteroatoms. The van der Waals surface area contributed by atoms with E-state index in [2.05, 4.69) is 34.2 Å². The lowest BCUT2D eigenvalue weighted by Crippen LogP contribution is -2.07. The molecule has 0 atom stereocenters. The number of aromatic nitrogens is 4. The number of hydrogen-bond donors (Lipinski definition) is 1. The molecule has 5 nitrogen and oxygen atoms in total. The molecule has 1 N–H and O–H groups in total. The molecule has 16 heavy (non-hydrogen) atoms. The summed E-state index contributed by atoms with van der Waals surface area (Å²) < 4.78 is 1.93. The first-order chi connectivity index (χ1) is 7.72. The van der Waals surface area contributed by atoms with Gasteiger partial charge in [0.1, 0.15) is 12.1 Å². The minimum absolute atomic E-state index is 0.556. The van der Waals surface area contributed by atoms with Gasteiger partial charge in [-0.05, 0) is 12.8 Å². The Bertz CT molecular complexity index is 474. The SMILES string of the molecule is CCNc1ncnc2c1cnn2CC(C)C. The molecule has 0 fully saturated rings. The van der Waals surface area contributed by atoms with Crippen LogP contribution in [0.4, 0.5) is 5.82 Å². The van der Waals surface area contributed by atoms with Crippen LogP contribution in [-0.2, 0) is 6.54 Å². The van der Waals surface area contributed by atoms with Crippen LogP contribution in [0.5, 0.6) is 0 Å². The van der Waals surface area contributed by atoms with Crippen molar-refractivity contribution in [1.29, 1.82) is 0 Å². The van der Waals surface area contributed by atoms with Crippen molar-refractivity contribution in [2.45, 2.75) is 27.3 Å². The Morgan fingerprint density at radius 3 is 2.88 bits per heavy atom. The highest BCUT2D eigenvalue weighted by molar-refractivity contribution is 5.85. The summed E-state index contributed by atoms with van der Waals surface area (Å²) in [5, 5.41) is 8.56. The van der Waals surface area contributed by atoms with Crippen LogP contribution < -0.4 is 5.32 Å². The van der Waals surface area contributed by atoms with Gasteiger partial charge >= 0.3 is 0 Å². The van der Waals surface area contributed by atoms with Crippen LogP contribution >= 0.6 is 0 Å².